The lowest BCUT2D eigenvalue weighted by Crippen LogP contribution is -2.25. The van der Waals surface area contributed by atoms with Crippen LogP contribution in [0, 0.1) is 0 Å². The van der Waals surface area contributed by atoms with Crippen LogP contribution in [0.3, 0.4) is 0 Å². The van der Waals surface area contributed by atoms with Gasteiger partial charge >= 0.3 is 0 Å². The molecule has 0 bridgehead atoms. The number of hydrazine groups is 1. The Morgan fingerprint density at radius 3 is 3.07 bits per heavy atom. The molecule has 1 aromatic rings. The lowest BCUT2D eigenvalue weighted by Gasteiger charge is -2.09. The number of benzene rings is 1. The fourth-order valence-corrected chi connectivity index (χ4v) is 1.92. The number of methoxy groups -OCH3 is 1. The number of nitrogens with one attached hydrogen (secondary N) is 2. The molecule has 0 amide bonds. The van der Waals surface area contributed by atoms with Crippen LogP contribution in [-0.4, -0.2) is 24.6 Å². The van der Waals surface area contributed by atoms with E-state index in [2.05, 4.69) is 15.8 Å². The SMILES string of the molecule is COc1cccc(NNC2=NCCS2)c1. The molecular formula is C10H13N3OS. The second-order valence-corrected chi connectivity index (χ2v) is 4.10. The van der Waals surface area contributed by atoms with E-state index in [1.165, 1.54) is 0 Å². The van der Waals surface area contributed by atoms with Gasteiger partial charge in [0.25, 0.3) is 0 Å². The molecule has 0 unspecified atom stereocenters. The maximum Gasteiger partial charge on any atom is 0.175 e. The van der Waals surface area contributed by atoms with Crippen molar-refractivity contribution in [1.29, 1.82) is 0 Å². The van der Waals surface area contributed by atoms with Crippen LogP contribution in [0.4, 0.5) is 5.69 Å². The van der Waals surface area contributed by atoms with E-state index >= 15 is 0 Å². The summed E-state index contributed by atoms with van der Waals surface area (Å²) in [6.07, 6.45) is 0. The van der Waals surface area contributed by atoms with E-state index in [9.17, 15) is 0 Å². The van der Waals surface area contributed by atoms with Gasteiger partial charge in [0.1, 0.15) is 5.75 Å². The Morgan fingerprint density at radius 1 is 1.40 bits per heavy atom. The molecule has 0 fully saturated rings. The highest BCUT2D eigenvalue weighted by Gasteiger charge is 2.05. The van der Waals surface area contributed by atoms with Crippen LogP contribution in [0.1, 0.15) is 0 Å². The van der Waals surface area contributed by atoms with Gasteiger partial charge in [0, 0.05) is 11.8 Å². The summed E-state index contributed by atoms with van der Waals surface area (Å²) in [5.41, 5.74) is 7.10. The molecular weight excluding hydrogens is 210 g/mol. The van der Waals surface area contributed by atoms with Crippen molar-refractivity contribution >= 4 is 22.6 Å². The first kappa shape index (κ1) is 10.2. The Hall–Kier alpha value is -1.36. The number of hydrogen-bond donors (Lipinski definition) is 2. The van der Waals surface area contributed by atoms with E-state index in [1.807, 2.05) is 24.3 Å². The Morgan fingerprint density at radius 2 is 2.33 bits per heavy atom. The van der Waals surface area contributed by atoms with Gasteiger partial charge in [0.05, 0.1) is 19.3 Å². The van der Waals surface area contributed by atoms with Crippen LogP contribution in [0.5, 0.6) is 5.75 Å². The highest BCUT2D eigenvalue weighted by molar-refractivity contribution is 8.14. The molecule has 1 aliphatic rings. The van der Waals surface area contributed by atoms with Gasteiger partial charge in [-0.15, -0.1) is 0 Å². The third kappa shape index (κ3) is 2.79. The zero-order valence-corrected chi connectivity index (χ0v) is 9.30. The second-order valence-electron chi connectivity index (χ2n) is 3.02. The van der Waals surface area contributed by atoms with Crippen LogP contribution >= 0.6 is 11.8 Å². The van der Waals surface area contributed by atoms with E-state index in [-0.39, 0.29) is 0 Å². The molecule has 2 N–H and O–H groups in total. The Balaban J connectivity index is 1.92. The highest BCUT2D eigenvalue weighted by Crippen LogP contribution is 2.16. The minimum Gasteiger partial charge on any atom is -0.497 e. The van der Waals surface area contributed by atoms with Gasteiger partial charge in [0.2, 0.25) is 0 Å². The summed E-state index contributed by atoms with van der Waals surface area (Å²) in [7, 11) is 1.66. The number of rotatable bonds is 3. The topological polar surface area (TPSA) is 45.6 Å². The summed E-state index contributed by atoms with van der Waals surface area (Å²) in [6, 6.07) is 7.74. The number of amidine groups is 1. The number of ether oxygens (including phenoxy) is 1. The molecule has 0 radical (unpaired) electrons. The second kappa shape index (κ2) is 4.93. The maximum absolute atomic E-state index is 5.12. The van der Waals surface area contributed by atoms with Crippen LogP contribution in [0.25, 0.3) is 0 Å². The molecule has 1 aromatic carbocycles. The molecule has 1 aliphatic heterocycles. The molecule has 0 saturated heterocycles. The predicted molar refractivity (Wildman–Crippen MR) is 64.5 cm³/mol. The van der Waals surface area contributed by atoms with Crippen molar-refractivity contribution in [1.82, 2.24) is 5.43 Å². The van der Waals surface area contributed by atoms with E-state index in [0.29, 0.717) is 0 Å². The number of anilines is 1. The molecule has 80 valence electrons. The summed E-state index contributed by atoms with van der Waals surface area (Å²) < 4.78 is 5.12. The molecule has 5 heteroatoms. The van der Waals surface area contributed by atoms with Gasteiger partial charge in [-0.25, -0.2) is 0 Å². The van der Waals surface area contributed by atoms with Crippen LogP contribution in [-0.2, 0) is 0 Å². The van der Waals surface area contributed by atoms with Crippen LogP contribution in [0.15, 0.2) is 29.3 Å². The van der Waals surface area contributed by atoms with Crippen LogP contribution in [0.2, 0.25) is 0 Å². The van der Waals surface area contributed by atoms with Gasteiger partial charge < -0.3 is 4.74 Å². The largest absolute Gasteiger partial charge is 0.497 e. The van der Waals surface area contributed by atoms with E-state index < -0.39 is 0 Å². The van der Waals surface area contributed by atoms with Crippen molar-refractivity contribution < 1.29 is 4.74 Å². The van der Waals surface area contributed by atoms with Gasteiger partial charge in [-0.1, -0.05) is 17.8 Å². The standard InChI is InChI=1S/C10H13N3OS/c1-14-9-4-2-3-8(7-9)12-13-10-11-5-6-15-10/h2-4,7,12H,5-6H2,1H3,(H,11,13). The number of aliphatic imine (C=N–C) groups is 1. The molecule has 0 aliphatic carbocycles. The van der Waals surface area contributed by atoms with Gasteiger partial charge in [-0.2, -0.15) is 0 Å². The first-order valence-electron chi connectivity index (χ1n) is 4.72. The maximum atomic E-state index is 5.12. The van der Waals surface area contributed by atoms with E-state index in [4.69, 9.17) is 4.74 Å². The third-order valence-electron chi connectivity index (χ3n) is 1.97. The van der Waals surface area contributed by atoms with Crippen molar-refractivity contribution in [2.24, 2.45) is 4.99 Å². The van der Waals surface area contributed by atoms with Crippen molar-refractivity contribution in [3.63, 3.8) is 0 Å². The first-order valence-corrected chi connectivity index (χ1v) is 5.70. The molecule has 15 heavy (non-hydrogen) atoms. The minimum atomic E-state index is 0.836. The first-order chi connectivity index (χ1) is 7.38. The summed E-state index contributed by atoms with van der Waals surface area (Å²) in [6.45, 7) is 0.896. The van der Waals surface area contributed by atoms with Gasteiger partial charge in [-0.3, -0.25) is 15.8 Å². The van der Waals surface area contributed by atoms with Crippen molar-refractivity contribution in [2.45, 2.75) is 0 Å². The molecule has 0 saturated carbocycles. The highest BCUT2D eigenvalue weighted by atomic mass is 32.2. The average Bonchev–Trinajstić information content (AvgIpc) is 2.79. The van der Waals surface area contributed by atoms with Gasteiger partial charge in [-0.05, 0) is 12.1 Å². The number of nitrogens with zero attached hydrogens (tertiary/aromatic N) is 1. The van der Waals surface area contributed by atoms with Crippen molar-refractivity contribution in [3.8, 4) is 5.75 Å². The normalized spacial score (nSPS) is 14.6. The zero-order valence-electron chi connectivity index (χ0n) is 8.49. The third-order valence-corrected chi connectivity index (χ3v) is 2.86. The Bertz CT molecular complexity index is 367. The summed E-state index contributed by atoms with van der Waals surface area (Å²) in [5.74, 6) is 1.89. The van der Waals surface area contributed by atoms with Gasteiger partial charge in [0.15, 0.2) is 5.17 Å². The molecule has 0 atom stereocenters. The summed E-state index contributed by atoms with van der Waals surface area (Å²) >= 11 is 1.72. The number of thioether (sulfide) groups is 1. The van der Waals surface area contributed by atoms with Crippen molar-refractivity contribution in [2.75, 3.05) is 24.8 Å². The minimum absolute atomic E-state index is 0.836. The van der Waals surface area contributed by atoms with Crippen LogP contribution < -0.4 is 15.6 Å². The summed E-state index contributed by atoms with van der Waals surface area (Å²) in [4.78, 5) is 4.27. The molecule has 0 spiro atoms. The average molecular weight is 223 g/mol. The monoisotopic (exact) mass is 223 g/mol. The van der Waals surface area contributed by atoms with Crippen molar-refractivity contribution in [3.05, 3.63) is 24.3 Å². The molecule has 0 aromatic heterocycles. The molecule has 4 nitrogen and oxygen atoms in total. The smallest absolute Gasteiger partial charge is 0.175 e. The fraction of sp³-hybridized carbons (Fsp3) is 0.300. The zero-order chi connectivity index (χ0) is 10.5. The number of hydrogen-bond acceptors (Lipinski definition) is 5. The fourth-order valence-electron chi connectivity index (χ4n) is 1.24. The van der Waals surface area contributed by atoms with E-state index in [1.54, 1.807) is 18.9 Å². The quantitative estimate of drug-likeness (QED) is 0.766. The predicted octanol–water partition coefficient (Wildman–Crippen LogP) is 1.71. The van der Waals surface area contributed by atoms with E-state index in [0.717, 1.165) is 28.9 Å². The molecule has 2 rings (SSSR count). The lowest BCUT2D eigenvalue weighted by molar-refractivity contribution is 0.415. The Kier molecular flexibility index (Phi) is 3.34. The Labute approximate surface area is 93.1 Å². The lowest BCUT2D eigenvalue weighted by atomic mass is 10.3. The molecule has 1 heterocycles. The summed E-state index contributed by atoms with van der Waals surface area (Å²) in [5, 5.41) is 0.942.